The van der Waals surface area contributed by atoms with Crippen molar-refractivity contribution < 1.29 is 4.39 Å². The quantitative estimate of drug-likeness (QED) is 0.794. The highest BCUT2D eigenvalue weighted by Gasteiger charge is 2.07. The largest absolute Gasteiger partial charge is 0.270 e. The maximum absolute atomic E-state index is 12.8. The van der Waals surface area contributed by atoms with Crippen LogP contribution in [-0.4, -0.2) is 10.2 Å². The maximum Gasteiger partial charge on any atom is 0.126 e. The standard InChI is InChI=1S/C7H3Br2FN2/c8-4-1-3(10)2-5-6(4)7(9)12-11-5/h1-2H,(H,11,12). The van der Waals surface area contributed by atoms with Crippen LogP contribution in [0.1, 0.15) is 0 Å². The third kappa shape index (κ3) is 1.17. The number of benzene rings is 1. The monoisotopic (exact) mass is 292 g/mol. The van der Waals surface area contributed by atoms with Gasteiger partial charge in [-0.1, -0.05) is 0 Å². The van der Waals surface area contributed by atoms with Crippen molar-refractivity contribution in [1.82, 2.24) is 10.2 Å². The number of nitrogens with one attached hydrogen (secondary N) is 1. The van der Waals surface area contributed by atoms with E-state index in [1.165, 1.54) is 12.1 Å². The summed E-state index contributed by atoms with van der Waals surface area (Å²) in [5, 5.41) is 7.47. The van der Waals surface area contributed by atoms with E-state index in [0.717, 1.165) is 9.99 Å². The number of rotatable bonds is 0. The van der Waals surface area contributed by atoms with Gasteiger partial charge >= 0.3 is 0 Å². The average molecular weight is 294 g/mol. The highest BCUT2D eigenvalue weighted by Crippen LogP contribution is 2.29. The zero-order valence-corrected chi connectivity index (χ0v) is 8.91. The van der Waals surface area contributed by atoms with Crippen LogP contribution in [0.25, 0.3) is 10.9 Å². The second-order valence-corrected chi connectivity index (χ2v) is 3.97. The lowest BCUT2D eigenvalue weighted by Crippen LogP contribution is -1.75. The molecule has 0 spiro atoms. The van der Waals surface area contributed by atoms with Gasteiger partial charge in [0.15, 0.2) is 0 Å². The van der Waals surface area contributed by atoms with E-state index >= 15 is 0 Å². The van der Waals surface area contributed by atoms with E-state index < -0.39 is 0 Å². The lowest BCUT2D eigenvalue weighted by atomic mass is 10.2. The molecule has 0 saturated carbocycles. The van der Waals surface area contributed by atoms with Gasteiger partial charge in [-0.2, -0.15) is 5.10 Å². The van der Waals surface area contributed by atoms with Gasteiger partial charge in [-0.25, -0.2) is 4.39 Å². The van der Waals surface area contributed by atoms with Crippen molar-refractivity contribution in [2.24, 2.45) is 0 Å². The zero-order chi connectivity index (χ0) is 8.72. The van der Waals surface area contributed by atoms with Gasteiger partial charge in [0, 0.05) is 15.9 Å². The molecule has 1 heterocycles. The van der Waals surface area contributed by atoms with Gasteiger partial charge in [-0.15, -0.1) is 0 Å². The minimum Gasteiger partial charge on any atom is -0.270 e. The molecule has 1 aromatic carbocycles. The number of aromatic amines is 1. The normalized spacial score (nSPS) is 10.9. The maximum atomic E-state index is 12.8. The number of hydrogen-bond acceptors (Lipinski definition) is 1. The predicted molar refractivity (Wildman–Crippen MR) is 51.5 cm³/mol. The molecule has 0 fully saturated rings. The fourth-order valence-electron chi connectivity index (χ4n) is 1.03. The van der Waals surface area contributed by atoms with Crippen molar-refractivity contribution in [2.75, 3.05) is 0 Å². The van der Waals surface area contributed by atoms with Crippen LogP contribution >= 0.6 is 31.9 Å². The van der Waals surface area contributed by atoms with Gasteiger partial charge in [0.25, 0.3) is 0 Å². The zero-order valence-electron chi connectivity index (χ0n) is 5.74. The summed E-state index contributed by atoms with van der Waals surface area (Å²) in [7, 11) is 0. The molecule has 0 aliphatic rings. The summed E-state index contributed by atoms with van der Waals surface area (Å²) in [4.78, 5) is 0. The topological polar surface area (TPSA) is 28.7 Å². The van der Waals surface area contributed by atoms with Crippen LogP contribution in [0.3, 0.4) is 0 Å². The van der Waals surface area contributed by atoms with E-state index in [1.807, 2.05) is 0 Å². The Morgan fingerprint density at radius 2 is 2.08 bits per heavy atom. The summed E-state index contributed by atoms with van der Waals surface area (Å²) in [5.74, 6) is -0.298. The van der Waals surface area contributed by atoms with E-state index in [-0.39, 0.29) is 5.82 Å². The lowest BCUT2D eigenvalue weighted by Gasteiger charge is -1.93. The van der Waals surface area contributed by atoms with Crippen molar-refractivity contribution in [1.29, 1.82) is 0 Å². The van der Waals surface area contributed by atoms with Gasteiger partial charge < -0.3 is 0 Å². The molecule has 0 aliphatic heterocycles. The van der Waals surface area contributed by atoms with Gasteiger partial charge in [-0.05, 0) is 37.9 Å². The molecule has 0 unspecified atom stereocenters. The number of H-pyrrole nitrogens is 1. The molecule has 0 saturated heterocycles. The van der Waals surface area contributed by atoms with Crippen LogP contribution in [0.15, 0.2) is 21.2 Å². The van der Waals surface area contributed by atoms with E-state index in [9.17, 15) is 4.39 Å². The average Bonchev–Trinajstić information content (AvgIpc) is 2.31. The second kappa shape index (κ2) is 2.81. The van der Waals surface area contributed by atoms with Crippen molar-refractivity contribution in [3.05, 3.63) is 27.0 Å². The number of aromatic nitrogens is 2. The van der Waals surface area contributed by atoms with Crippen LogP contribution in [0.5, 0.6) is 0 Å². The van der Waals surface area contributed by atoms with Crippen LogP contribution in [0.2, 0.25) is 0 Å². The molecule has 0 amide bonds. The molecule has 5 heteroatoms. The van der Waals surface area contributed by atoms with Crippen LogP contribution in [0, 0.1) is 5.82 Å². The van der Waals surface area contributed by atoms with Gasteiger partial charge in [0.1, 0.15) is 10.4 Å². The SMILES string of the molecule is Fc1cc(Br)c2c(Br)[nH]nc2c1. The third-order valence-electron chi connectivity index (χ3n) is 1.53. The highest BCUT2D eigenvalue weighted by molar-refractivity contribution is 9.11. The predicted octanol–water partition coefficient (Wildman–Crippen LogP) is 3.23. The molecule has 1 N–H and O–H groups in total. The minimum atomic E-state index is -0.298. The fraction of sp³-hybridized carbons (Fsp3) is 0. The number of fused-ring (bicyclic) bond motifs is 1. The van der Waals surface area contributed by atoms with Crippen LogP contribution < -0.4 is 0 Å². The summed E-state index contributed by atoms with van der Waals surface area (Å²) >= 11 is 6.52. The molecule has 2 aromatic rings. The molecular formula is C7H3Br2FN2. The Labute approximate surface area is 84.4 Å². The first-order chi connectivity index (χ1) is 5.68. The van der Waals surface area contributed by atoms with Crippen molar-refractivity contribution in [2.45, 2.75) is 0 Å². The van der Waals surface area contributed by atoms with Crippen LogP contribution in [0.4, 0.5) is 4.39 Å². The van der Waals surface area contributed by atoms with Crippen molar-refractivity contribution in [3.63, 3.8) is 0 Å². The highest BCUT2D eigenvalue weighted by atomic mass is 79.9. The first-order valence-corrected chi connectivity index (χ1v) is 4.75. The van der Waals surface area contributed by atoms with Crippen LogP contribution in [-0.2, 0) is 0 Å². The molecule has 2 nitrogen and oxygen atoms in total. The fourth-order valence-corrected chi connectivity index (χ4v) is 2.42. The van der Waals surface area contributed by atoms with Gasteiger partial charge in [-0.3, -0.25) is 5.10 Å². The van der Waals surface area contributed by atoms with Gasteiger partial charge in [0.05, 0.1) is 5.52 Å². The Hall–Kier alpha value is -0.420. The van der Waals surface area contributed by atoms with E-state index in [4.69, 9.17) is 0 Å². The molecular weight excluding hydrogens is 291 g/mol. The molecule has 2 rings (SSSR count). The van der Waals surface area contributed by atoms with Crippen molar-refractivity contribution in [3.8, 4) is 0 Å². The third-order valence-corrected chi connectivity index (χ3v) is 2.73. The van der Waals surface area contributed by atoms with E-state index in [2.05, 4.69) is 42.1 Å². The molecule has 0 bridgehead atoms. The smallest absolute Gasteiger partial charge is 0.126 e. The summed E-state index contributed by atoms with van der Waals surface area (Å²) < 4.78 is 14.3. The first kappa shape index (κ1) is 8.19. The molecule has 1 aromatic heterocycles. The van der Waals surface area contributed by atoms with E-state index in [1.54, 1.807) is 0 Å². The molecule has 0 aliphatic carbocycles. The van der Waals surface area contributed by atoms with Gasteiger partial charge in [0.2, 0.25) is 0 Å². The molecule has 62 valence electrons. The second-order valence-electron chi connectivity index (χ2n) is 2.32. The Morgan fingerprint density at radius 3 is 2.83 bits per heavy atom. The number of halogens is 3. The Balaban J connectivity index is 2.93. The summed E-state index contributed by atoms with van der Waals surface area (Å²) in [6.07, 6.45) is 0. The first-order valence-electron chi connectivity index (χ1n) is 3.17. The van der Waals surface area contributed by atoms with E-state index in [0.29, 0.717) is 9.99 Å². The number of hydrogen-bond donors (Lipinski definition) is 1. The molecule has 0 atom stereocenters. The Morgan fingerprint density at radius 1 is 1.33 bits per heavy atom. The van der Waals surface area contributed by atoms with Crippen molar-refractivity contribution >= 4 is 42.8 Å². The Kier molecular flexibility index (Phi) is 1.92. The lowest BCUT2D eigenvalue weighted by molar-refractivity contribution is 0.628. The molecule has 0 radical (unpaired) electrons. The summed E-state index contributed by atoms with van der Waals surface area (Å²) in [6, 6.07) is 2.78. The number of nitrogens with zero attached hydrogens (tertiary/aromatic N) is 1. The molecule has 12 heavy (non-hydrogen) atoms. The summed E-state index contributed by atoms with van der Waals surface area (Å²) in [5.41, 5.74) is 0.605. The Bertz CT molecular complexity index is 438. The summed E-state index contributed by atoms with van der Waals surface area (Å²) in [6.45, 7) is 0. The minimum absolute atomic E-state index is 0.298.